The Balaban J connectivity index is 3.43. The van der Waals surface area contributed by atoms with E-state index in [0.29, 0.717) is 5.56 Å². The second kappa shape index (κ2) is 3.49. The fraction of sp³-hybridized carbons (Fsp3) is 0.250. The van der Waals surface area contributed by atoms with E-state index in [4.69, 9.17) is 5.11 Å². The maximum absolute atomic E-state index is 12.9. The highest BCUT2D eigenvalue weighted by Gasteiger charge is 2.20. The molecule has 1 rings (SSSR count). The molecule has 0 atom stereocenters. The van der Waals surface area contributed by atoms with Crippen LogP contribution in [0.1, 0.15) is 11.1 Å². The first kappa shape index (κ1) is 9.60. The van der Waals surface area contributed by atoms with Gasteiger partial charge in [-0.1, -0.05) is 6.07 Å². The van der Waals surface area contributed by atoms with Crippen molar-refractivity contribution in [3.8, 4) is 0 Å². The average Bonchev–Trinajstić information content (AvgIpc) is 2.07. The van der Waals surface area contributed by atoms with Gasteiger partial charge in [-0.3, -0.25) is 10.1 Å². The lowest BCUT2D eigenvalue weighted by Gasteiger charge is -2.03. The molecule has 5 heteroatoms. The summed E-state index contributed by atoms with van der Waals surface area (Å²) in [5.41, 5.74) is -0.0944. The number of nitro groups is 1. The Morgan fingerprint density at radius 3 is 2.62 bits per heavy atom. The Morgan fingerprint density at radius 1 is 1.62 bits per heavy atom. The first-order valence-corrected chi connectivity index (χ1v) is 3.61. The number of aliphatic hydroxyl groups excluding tert-OH is 1. The molecule has 4 nitrogen and oxygen atoms in total. The Morgan fingerprint density at radius 2 is 2.23 bits per heavy atom. The molecule has 1 aromatic rings. The van der Waals surface area contributed by atoms with Gasteiger partial charge in [0.2, 0.25) is 5.82 Å². The minimum atomic E-state index is -0.917. The quantitative estimate of drug-likeness (QED) is 0.561. The van der Waals surface area contributed by atoms with Crippen molar-refractivity contribution in [2.24, 2.45) is 0 Å². The van der Waals surface area contributed by atoms with E-state index >= 15 is 0 Å². The molecular weight excluding hydrogens is 177 g/mol. The van der Waals surface area contributed by atoms with Crippen molar-refractivity contribution in [3.05, 3.63) is 39.2 Å². The highest BCUT2D eigenvalue weighted by molar-refractivity contribution is 5.45. The Kier molecular flexibility index (Phi) is 2.57. The zero-order valence-electron chi connectivity index (χ0n) is 6.95. The number of benzene rings is 1. The molecule has 1 N–H and O–H groups in total. The lowest BCUT2D eigenvalue weighted by Crippen LogP contribution is -2.01. The van der Waals surface area contributed by atoms with Crippen molar-refractivity contribution in [1.29, 1.82) is 0 Å². The van der Waals surface area contributed by atoms with Crippen LogP contribution in [0.5, 0.6) is 0 Å². The van der Waals surface area contributed by atoms with Gasteiger partial charge in [0, 0.05) is 0 Å². The summed E-state index contributed by atoms with van der Waals surface area (Å²) in [5.74, 6) is -0.917. The van der Waals surface area contributed by atoms with Crippen LogP contribution < -0.4 is 0 Å². The van der Waals surface area contributed by atoms with Gasteiger partial charge in [0.25, 0.3) is 0 Å². The van der Waals surface area contributed by atoms with E-state index in [9.17, 15) is 14.5 Å². The first-order chi connectivity index (χ1) is 6.07. The standard InChI is InChI=1S/C8H8FNO3/c1-5-2-3-7(9)8(10(12)13)6(5)4-11/h2-3,11H,4H2,1H3. The van der Waals surface area contributed by atoms with Crippen molar-refractivity contribution in [3.63, 3.8) is 0 Å². The van der Waals surface area contributed by atoms with Crippen LogP contribution in [-0.4, -0.2) is 10.0 Å². The molecular formula is C8H8FNO3. The van der Waals surface area contributed by atoms with E-state index in [-0.39, 0.29) is 5.56 Å². The first-order valence-electron chi connectivity index (χ1n) is 3.61. The molecule has 0 spiro atoms. The van der Waals surface area contributed by atoms with Crippen LogP contribution in [0.2, 0.25) is 0 Å². The maximum Gasteiger partial charge on any atom is 0.310 e. The lowest BCUT2D eigenvalue weighted by atomic mass is 10.1. The number of aryl methyl sites for hydroxylation is 1. The third-order valence-corrected chi connectivity index (χ3v) is 1.81. The van der Waals surface area contributed by atoms with Crippen molar-refractivity contribution < 1.29 is 14.4 Å². The highest BCUT2D eigenvalue weighted by atomic mass is 19.1. The summed E-state index contributed by atoms with van der Waals surface area (Å²) < 4.78 is 12.9. The topological polar surface area (TPSA) is 63.4 Å². The van der Waals surface area contributed by atoms with E-state index in [1.165, 1.54) is 6.07 Å². The summed E-state index contributed by atoms with van der Waals surface area (Å²) in [6.45, 7) is 1.05. The number of halogens is 1. The Hall–Kier alpha value is -1.49. The molecule has 0 unspecified atom stereocenters. The molecule has 0 amide bonds. The van der Waals surface area contributed by atoms with Gasteiger partial charge < -0.3 is 5.11 Å². The minimum absolute atomic E-state index is 0.0324. The van der Waals surface area contributed by atoms with E-state index in [2.05, 4.69) is 0 Å². The number of nitrogens with zero attached hydrogens (tertiary/aromatic N) is 1. The molecule has 0 fully saturated rings. The summed E-state index contributed by atoms with van der Waals surface area (Å²) in [7, 11) is 0. The third kappa shape index (κ3) is 1.65. The molecule has 13 heavy (non-hydrogen) atoms. The second-order valence-corrected chi connectivity index (χ2v) is 2.61. The van der Waals surface area contributed by atoms with Gasteiger partial charge in [-0.25, -0.2) is 0 Å². The van der Waals surface area contributed by atoms with Gasteiger partial charge >= 0.3 is 5.69 Å². The smallest absolute Gasteiger partial charge is 0.310 e. The summed E-state index contributed by atoms with van der Waals surface area (Å²) >= 11 is 0. The van der Waals surface area contributed by atoms with Gasteiger partial charge in [-0.2, -0.15) is 4.39 Å². The van der Waals surface area contributed by atoms with Crippen LogP contribution >= 0.6 is 0 Å². The number of rotatable bonds is 2. The van der Waals surface area contributed by atoms with Gasteiger partial charge in [0.05, 0.1) is 17.1 Å². The molecule has 0 saturated heterocycles. The summed E-state index contributed by atoms with van der Waals surface area (Å²) in [4.78, 5) is 9.58. The molecule has 0 aromatic heterocycles. The molecule has 70 valence electrons. The second-order valence-electron chi connectivity index (χ2n) is 2.61. The van der Waals surface area contributed by atoms with Crippen LogP contribution in [0.25, 0.3) is 0 Å². The minimum Gasteiger partial charge on any atom is -0.391 e. The van der Waals surface area contributed by atoms with Crippen LogP contribution in [0.15, 0.2) is 12.1 Å². The molecule has 0 heterocycles. The normalized spacial score (nSPS) is 10.1. The Bertz CT molecular complexity index is 351. The van der Waals surface area contributed by atoms with E-state index in [0.717, 1.165) is 6.07 Å². The summed E-state index contributed by atoms with van der Waals surface area (Å²) in [6.07, 6.45) is 0. The predicted octanol–water partition coefficient (Wildman–Crippen LogP) is 1.53. The highest BCUT2D eigenvalue weighted by Crippen LogP contribution is 2.25. The van der Waals surface area contributed by atoms with E-state index < -0.39 is 23.0 Å². The van der Waals surface area contributed by atoms with Crippen molar-refractivity contribution in [2.75, 3.05) is 0 Å². The van der Waals surface area contributed by atoms with Gasteiger partial charge in [0.15, 0.2) is 0 Å². The molecule has 0 bridgehead atoms. The number of hydrogen-bond acceptors (Lipinski definition) is 3. The van der Waals surface area contributed by atoms with Crippen LogP contribution in [0, 0.1) is 22.9 Å². The van der Waals surface area contributed by atoms with Crippen LogP contribution in [-0.2, 0) is 6.61 Å². The SMILES string of the molecule is Cc1ccc(F)c([N+](=O)[O-])c1CO. The molecule has 0 aliphatic heterocycles. The van der Waals surface area contributed by atoms with E-state index in [1.807, 2.05) is 0 Å². The van der Waals surface area contributed by atoms with Gasteiger partial charge in [0.1, 0.15) is 0 Å². The third-order valence-electron chi connectivity index (χ3n) is 1.81. The molecule has 1 aromatic carbocycles. The summed E-state index contributed by atoms with van der Waals surface area (Å²) in [5, 5.41) is 19.2. The summed E-state index contributed by atoms with van der Waals surface area (Å²) in [6, 6.07) is 2.42. The average molecular weight is 185 g/mol. The number of nitro benzene ring substituents is 1. The lowest BCUT2D eigenvalue weighted by molar-refractivity contribution is -0.388. The van der Waals surface area contributed by atoms with Crippen molar-refractivity contribution in [1.82, 2.24) is 0 Å². The predicted molar refractivity (Wildman–Crippen MR) is 43.7 cm³/mol. The monoisotopic (exact) mass is 185 g/mol. The maximum atomic E-state index is 12.9. The van der Waals surface area contributed by atoms with Crippen LogP contribution in [0.3, 0.4) is 0 Å². The molecule has 0 aliphatic rings. The largest absolute Gasteiger partial charge is 0.391 e. The zero-order valence-corrected chi connectivity index (χ0v) is 6.95. The number of hydrogen-bond donors (Lipinski definition) is 1. The van der Waals surface area contributed by atoms with Crippen LogP contribution in [0.4, 0.5) is 10.1 Å². The zero-order chi connectivity index (χ0) is 10.0. The fourth-order valence-corrected chi connectivity index (χ4v) is 1.11. The molecule has 0 aliphatic carbocycles. The molecule has 0 radical (unpaired) electrons. The van der Waals surface area contributed by atoms with Crippen molar-refractivity contribution in [2.45, 2.75) is 13.5 Å². The fourth-order valence-electron chi connectivity index (χ4n) is 1.11. The van der Waals surface area contributed by atoms with Crippen molar-refractivity contribution >= 4 is 5.69 Å². The van der Waals surface area contributed by atoms with E-state index in [1.54, 1.807) is 6.92 Å². The molecule has 0 saturated carbocycles. The number of aliphatic hydroxyl groups is 1. The Labute approximate surface area is 73.8 Å². The van der Waals surface area contributed by atoms with Gasteiger partial charge in [-0.05, 0) is 18.6 Å². The van der Waals surface area contributed by atoms with Gasteiger partial charge in [-0.15, -0.1) is 0 Å².